The van der Waals surface area contributed by atoms with Crippen molar-refractivity contribution in [3.63, 3.8) is 0 Å². The number of hydrogen-bond donors (Lipinski definition) is 10. The van der Waals surface area contributed by atoms with Crippen LogP contribution >= 0.6 is 0 Å². The van der Waals surface area contributed by atoms with Crippen molar-refractivity contribution in [2.24, 2.45) is 0 Å². The number of rotatable bonds is 10. The fraction of sp³-hybridized carbons (Fsp3) is 0.467. The highest BCUT2D eigenvalue weighted by molar-refractivity contribution is 5.90. The molecule has 48 heavy (non-hydrogen) atoms. The summed E-state index contributed by atoms with van der Waals surface area (Å²) in [5.74, 6) is -3.43. The standard InChI is InChI=1S/C30H34O18/c31-9-18-22(37)24(39)26(41)29(47-18)45-16-6-13(33)5-15-14(16)7-17(28(44-15)11-1-3-12(32)4-2-11)46-30-27(42)25(40)23(38)19(48-30)10-43-21(36)8-20(34)35/h1-7,18-19,22-33,37-42H,8-10H2,(H,34,35)/t18-,19+,22+,23+,24-,25-,26-,27+,28?,29+,30+/m0/s1. The Morgan fingerprint density at radius 1 is 0.750 bits per heavy atom. The van der Waals surface area contributed by atoms with E-state index in [1.54, 1.807) is 0 Å². The maximum Gasteiger partial charge on any atom is 0.317 e. The predicted molar refractivity (Wildman–Crippen MR) is 153 cm³/mol. The summed E-state index contributed by atoms with van der Waals surface area (Å²) >= 11 is 0. The first kappa shape index (κ1) is 35.1. The summed E-state index contributed by atoms with van der Waals surface area (Å²) in [6.07, 6.45) is -17.9. The highest BCUT2D eigenvalue weighted by Crippen LogP contribution is 2.45. The van der Waals surface area contributed by atoms with Gasteiger partial charge in [0.05, 0.1) is 12.2 Å². The van der Waals surface area contributed by atoms with E-state index in [1.165, 1.54) is 36.4 Å². The minimum absolute atomic E-state index is 0.0104. The van der Waals surface area contributed by atoms with Gasteiger partial charge in [-0.3, -0.25) is 9.59 Å². The largest absolute Gasteiger partial charge is 0.508 e. The van der Waals surface area contributed by atoms with Crippen molar-refractivity contribution in [3.05, 3.63) is 53.3 Å². The predicted octanol–water partition coefficient (Wildman–Crippen LogP) is -2.41. The second-order valence-corrected chi connectivity index (χ2v) is 11.2. The van der Waals surface area contributed by atoms with Crippen molar-refractivity contribution in [2.75, 3.05) is 13.2 Å². The molecular weight excluding hydrogens is 648 g/mol. The number of carboxylic acid groups (broad SMARTS) is 1. The Balaban J connectivity index is 1.48. The van der Waals surface area contributed by atoms with Gasteiger partial charge in [0.2, 0.25) is 12.6 Å². The highest BCUT2D eigenvalue weighted by atomic mass is 16.7. The Hall–Kier alpha value is -4.24. The Bertz CT molecular complexity index is 1490. The maximum atomic E-state index is 11.8. The smallest absolute Gasteiger partial charge is 0.317 e. The van der Waals surface area contributed by atoms with Crippen LogP contribution in [0.1, 0.15) is 23.7 Å². The number of phenolic OH excluding ortho intramolecular Hbond substituents is 2. The van der Waals surface area contributed by atoms with Gasteiger partial charge >= 0.3 is 11.9 Å². The molecule has 0 amide bonds. The number of aromatic hydroxyl groups is 2. The van der Waals surface area contributed by atoms with Gasteiger partial charge in [-0.05, 0) is 18.2 Å². The number of aliphatic hydroxyl groups excluding tert-OH is 7. The first-order chi connectivity index (χ1) is 22.8. The van der Waals surface area contributed by atoms with Gasteiger partial charge in [-0.25, -0.2) is 0 Å². The molecule has 18 nitrogen and oxygen atoms in total. The van der Waals surface area contributed by atoms with Crippen molar-refractivity contribution in [2.45, 2.75) is 73.9 Å². The van der Waals surface area contributed by atoms with E-state index < -0.39 is 99.1 Å². The van der Waals surface area contributed by atoms with Crippen molar-refractivity contribution >= 4 is 18.0 Å². The van der Waals surface area contributed by atoms with Gasteiger partial charge in [-0.15, -0.1) is 0 Å². The first-order valence-electron chi connectivity index (χ1n) is 14.5. The highest BCUT2D eigenvalue weighted by Gasteiger charge is 2.47. The van der Waals surface area contributed by atoms with Gasteiger partial charge in [0.25, 0.3) is 0 Å². The second kappa shape index (κ2) is 14.5. The van der Waals surface area contributed by atoms with E-state index in [2.05, 4.69) is 0 Å². The molecule has 0 spiro atoms. The van der Waals surface area contributed by atoms with Gasteiger partial charge in [0.1, 0.15) is 90.6 Å². The van der Waals surface area contributed by atoms with Crippen molar-refractivity contribution in [1.82, 2.24) is 0 Å². The van der Waals surface area contributed by atoms with Crippen LogP contribution in [0.3, 0.4) is 0 Å². The zero-order valence-electron chi connectivity index (χ0n) is 24.8. The third-order valence-corrected chi connectivity index (χ3v) is 7.79. The molecule has 5 rings (SSSR count). The van der Waals surface area contributed by atoms with E-state index in [9.17, 15) is 55.5 Å². The molecule has 0 aliphatic carbocycles. The lowest BCUT2D eigenvalue weighted by atomic mass is 9.98. The minimum atomic E-state index is -1.89. The topological polar surface area (TPSA) is 292 Å². The molecule has 2 aromatic rings. The van der Waals surface area contributed by atoms with E-state index in [-0.39, 0.29) is 34.3 Å². The molecule has 0 aromatic heterocycles. The summed E-state index contributed by atoms with van der Waals surface area (Å²) in [6.45, 7) is -1.45. The van der Waals surface area contributed by atoms with E-state index in [4.69, 9.17) is 33.5 Å². The number of ether oxygens (including phenoxy) is 6. The van der Waals surface area contributed by atoms with Gasteiger partial charge in [0, 0.05) is 17.7 Å². The van der Waals surface area contributed by atoms with Crippen LogP contribution in [0, 0.1) is 0 Å². The van der Waals surface area contributed by atoms with E-state index in [1.807, 2.05) is 0 Å². The number of hydrogen-bond acceptors (Lipinski definition) is 17. The molecule has 10 N–H and O–H groups in total. The fourth-order valence-corrected chi connectivity index (χ4v) is 5.23. The van der Waals surface area contributed by atoms with Crippen molar-refractivity contribution < 1.29 is 89.1 Å². The van der Waals surface area contributed by atoms with Crippen LogP contribution in [0.5, 0.6) is 23.0 Å². The summed E-state index contributed by atoms with van der Waals surface area (Å²) in [5, 5.41) is 101. The molecule has 1 unspecified atom stereocenters. The molecule has 3 aliphatic rings. The normalized spacial score (nSPS) is 33.1. The lowest BCUT2D eigenvalue weighted by Crippen LogP contribution is -2.60. The van der Waals surface area contributed by atoms with Gasteiger partial charge in [-0.1, -0.05) is 12.1 Å². The fourth-order valence-electron chi connectivity index (χ4n) is 5.23. The van der Waals surface area contributed by atoms with Crippen LogP contribution in [0.15, 0.2) is 42.2 Å². The van der Waals surface area contributed by atoms with Crippen LogP contribution in [0.4, 0.5) is 0 Å². The molecule has 0 saturated carbocycles. The summed E-state index contributed by atoms with van der Waals surface area (Å²) in [6, 6.07) is 7.94. The summed E-state index contributed by atoms with van der Waals surface area (Å²) < 4.78 is 33.8. The minimum Gasteiger partial charge on any atom is -0.508 e. The van der Waals surface area contributed by atoms with Crippen molar-refractivity contribution in [1.29, 1.82) is 0 Å². The average Bonchev–Trinajstić information content (AvgIpc) is 3.04. The number of carbonyl (C=O) groups excluding carboxylic acids is 1. The molecule has 0 bridgehead atoms. The molecule has 11 atom stereocenters. The van der Waals surface area contributed by atoms with Crippen LogP contribution in [0.2, 0.25) is 0 Å². The van der Waals surface area contributed by atoms with Gasteiger partial charge < -0.3 is 79.5 Å². The molecular formula is C30H34O18. The number of carbonyl (C=O) groups is 2. The van der Waals surface area contributed by atoms with Crippen LogP contribution in [-0.4, -0.2) is 138 Å². The molecule has 18 heteroatoms. The number of aliphatic carboxylic acids is 1. The average molecular weight is 683 g/mol. The number of fused-ring (bicyclic) bond motifs is 1. The third-order valence-electron chi connectivity index (χ3n) is 7.79. The van der Waals surface area contributed by atoms with Gasteiger partial charge in [0.15, 0.2) is 6.10 Å². The van der Waals surface area contributed by atoms with Gasteiger partial charge in [-0.2, -0.15) is 0 Å². The van der Waals surface area contributed by atoms with Crippen LogP contribution in [0.25, 0.3) is 6.08 Å². The van der Waals surface area contributed by atoms with E-state index in [0.29, 0.717) is 5.56 Å². The third kappa shape index (κ3) is 7.41. The number of esters is 1. The van der Waals surface area contributed by atoms with E-state index in [0.717, 1.165) is 6.07 Å². The molecule has 3 aliphatic heterocycles. The molecule has 2 aromatic carbocycles. The zero-order valence-corrected chi connectivity index (χ0v) is 24.8. The van der Waals surface area contributed by atoms with Crippen molar-refractivity contribution in [3.8, 4) is 23.0 Å². The second-order valence-electron chi connectivity index (χ2n) is 11.2. The zero-order chi connectivity index (χ0) is 34.9. The van der Waals surface area contributed by atoms with E-state index >= 15 is 0 Å². The SMILES string of the molecule is O=C(O)CC(=O)OC[C@H]1O[C@@H](OC2=Cc3c(cc(O)cc3O[C@@H]3O[C@@H](CO)[C@@H](O)[C@H](O)[C@@H]3O)OC2c2ccc(O)cc2)[C@H](O)[C@@H](O)[C@@H]1O. The Morgan fingerprint density at radius 2 is 1.35 bits per heavy atom. The summed E-state index contributed by atoms with van der Waals surface area (Å²) in [5.41, 5.74) is 0.425. The molecule has 3 heterocycles. The molecule has 2 saturated heterocycles. The van der Waals surface area contributed by atoms with Crippen LogP contribution in [-0.2, 0) is 28.5 Å². The maximum absolute atomic E-state index is 11.8. The Kier molecular flexibility index (Phi) is 10.6. The lowest BCUT2D eigenvalue weighted by Gasteiger charge is -2.41. The number of aliphatic hydroxyl groups is 7. The Labute approximate surface area is 270 Å². The quantitative estimate of drug-likeness (QED) is 0.0922. The molecule has 2 fully saturated rings. The monoisotopic (exact) mass is 682 g/mol. The lowest BCUT2D eigenvalue weighted by molar-refractivity contribution is -0.294. The number of phenols is 2. The molecule has 262 valence electrons. The van der Waals surface area contributed by atoms with Crippen LogP contribution < -0.4 is 9.47 Å². The molecule has 0 radical (unpaired) electrons. The Morgan fingerprint density at radius 3 is 1.98 bits per heavy atom. The number of carboxylic acids is 1. The summed E-state index contributed by atoms with van der Waals surface area (Å²) in [4.78, 5) is 22.5. The number of benzene rings is 2. The first-order valence-corrected chi connectivity index (χ1v) is 14.5. The summed E-state index contributed by atoms with van der Waals surface area (Å²) in [7, 11) is 0.